The molecule has 2 atom stereocenters. The molecule has 3 aromatic rings. The number of nitrogens with zero attached hydrogens (tertiary/aromatic N) is 4. The molecular formula is C30H32F6N6O3. The zero-order valence-corrected chi connectivity index (χ0v) is 24.5. The Hall–Kier alpha value is -4.11. The molecule has 45 heavy (non-hydrogen) atoms. The lowest BCUT2D eigenvalue weighted by Gasteiger charge is -2.46. The summed E-state index contributed by atoms with van der Waals surface area (Å²) in [5.41, 5.74) is 3.78. The van der Waals surface area contributed by atoms with E-state index >= 15 is 0 Å². The first kappa shape index (κ1) is 32.3. The summed E-state index contributed by atoms with van der Waals surface area (Å²) >= 11 is 0. The summed E-state index contributed by atoms with van der Waals surface area (Å²) in [6, 6.07) is 6.32. The molecule has 1 aromatic heterocycles. The summed E-state index contributed by atoms with van der Waals surface area (Å²) in [6.45, 7) is 3.99. The molecule has 3 heterocycles. The molecule has 2 aliphatic rings. The number of rotatable bonds is 6. The van der Waals surface area contributed by atoms with Crippen LogP contribution in [0.15, 0.2) is 42.6 Å². The lowest BCUT2D eigenvalue weighted by atomic mass is 9.80. The molecule has 15 heteroatoms. The van der Waals surface area contributed by atoms with Crippen LogP contribution in [0.3, 0.4) is 0 Å². The highest BCUT2D eigenvalue weighted by molar-refractivity contribution is 5.90. The zero-order chi connectivity index (χ0) is 32.7. The number of nitrogens with one attached hydrogen (secondary N) is 1. The van der Waals surface area contributed by atoms with Gasteiger partial charge in [-0.05, 0) is 60.4 Å². The Labute approximate surface area is 255 Å². The highest BCUT2D eigenvalue weighted by Gasteiger charge is 2.46. The second kappa shape index (κ2) is 12.0. The Morgan fingerprint density at radius 1 is 1.07 bits per heavy atom. The fourth-order valence-electron chi connectivity index (χ4n) is 5.97. The Morgan fingerprint density at radius 2 is 1.71 bits per heavy atom. The van der Waals surface area contributed by atoms with Gasteiger partial charge in [0.2, 0.25) is 0 Å². The normalized spacial score (nSPS) is 20.6. The van der Waals surface area contributed by atoms with Crippen molar-refractivity contribution in [3.63, 3.8) is 0 Å². The first-order valence-corrected chi connectivity index (χ1v) is 14.2. The van der Waals surface area contributed by atoms with E-state index in [2.05, 4.69) is 10.3 Å². The van der Waals surface area contributed by atoms with Crippen molar-refractivity contribution < 1.29 is 41.0 Å². The summed E-state index contributed by atoms with van der Waals surface area (Å²) < 4.78 is 87.4. The molecule has 0 aliphatic carbocycles. The SMILES string of the molecule is CC[C@]1(N)C[C@H](c2ncc(N3CCNCC3)c(Cc3cc(C(F)(F)F)cc(C(F)(F)F)c3)n2)c2cc(OC)ccc2N1C(=O)O. The molecule has 1 saturated heterocycles. The van der Waals surface area contributed by atoms with Gasteiger partial charge in [0.1, 0.15) is 17.2 Å². The van der Waals surface area contributed by atoms with Crippen LogP contribution in [0.1, 0.15) is 59.5 Å². The Bertz CT molecular complexity index is 1540. The van der Waals surface area contributed by atoms with Crippen molar-refractivity contribution in [2.24, 2.45) is 5.73 Å². The van der Waals surface area contributed by atoms with Gasteiger partial charge in [0.05, 0.1) is 41.5 Å². The van der Waals surface area contributed by atoms with Crippen molar-refractivity contribution >= 4 is 17.5 Å². The van der Waals surface area contributed by atoms with Gasteiger partial charge in [0.15, 0.2) is 0 Å². The van der Waals surface area contributed by atoms with E-state index in [0.717, 1.165) is 4.90 Å². The Balaban J connectivity index is 1.67. The number of amides is 1. The average molecular weight is 639 g/mol. The third kappa shape index (κ3) is 6.50. The van der Waals surface area contributed by atoms with Crippen LogP contribution >= 0.6 is 0 Å². The van der Waals surface area contributed by atoms with E-state index in [4.69, 9.17) is 15.5 Å². The van der Waals surface area contributed by atoms with Gasteiger partial charge in [-0.25, -0.2) is 14.8 Å². The molecule has 2 aromatic carbocycles. The Morgan fingerprint density at radius 3 is 2.27 bits per heavy atom. The minimum Gasteiger partial charge on any atom is -0.497 e. The molecule has 5 rings (SSSR count). The fraction of sp³-hybridized carbons (Fsp3) is 0.433. The lowest BCUT2D eigenvalue weighted by Crippen LogP contribution is -2.61. The molecule has 4 N–H and O–H groups in total. The van der Waals surface area contributed by atoms with Crippen LogP contribution in [0.4, 0.5) is 42.5 Å². The van der Waals surface area contributed by atoms with Crippen molar-refractivity contribution in [2.75, 3.05) is 43.1 Å². The number of piperazine rings is 1. The monoisotopic (exact) mass is 638 g/mol. The van der Waals surface area contributed by atoms with Crippen LogP contribution in [0.5, 0.6) is 5.75 Å². The first-order chi connectivity index (χ1) is 21.1. The van der Waals surface area contributed by atoms with Crippen LogP contribution in [0.2, 0.25) is 0 Å². The summed E-state index contributed by atoms with van der Waals surface area (Å²) in [5, 5.41) is 13.3. The summed E-state index contributed by atoms with van der Waals surface area (Å²) in [7, 11) is 1.45. The number of anilines is 2. The maximum absolute atomic E-state index is 13.7. The van der Waals surface area contributed by atoms with E-state index in [1.807, 2.05) is 4.90 Å². The maximum atomic E-state index is 13.7. The highest BCUT2D eigenvalue weighted by Crippen LogP contribution is 2.47. The summed E-state index contributed by atoms with van der Waals surface area (Å²) in [4.78, 5) is 24.8. The van der Waals surface area contributed by atoms with Crippen LogP contribution < -0.4 is 25.6 Å². The predicted molar refractivity (Wildman–Crippen MR) is 154 cm³/mol. The van der Waals surface area contributed by atoms with Gasteiger partial charge in [0.25, 0.3) is 0 Å². The number of alkyl halides is 6. The number of benzene rings is 2. The summed E-state index contributed by atoms with van der Waals surface area (Å²) in [6.07, 6.45) is -9.79. The molecule has 0 radical (unpaired) electrons. The third-order valence-corrected chi connectivity index (χ3v) is 8.31. The fourth-order valence-corrected chi connectivity index (χ4v) is 5.97. The number of methoxy groups -OCH3 is 1. The smallest absolute Gasteiger partial charge is 0.416 e. The van der Waals surface area contributed by atoms with Crippen molar-refractivity contribution in [1.29, 1.82) is 0 Å². The van der Waals surface area contributed by atoms with Gasteiger partial charge in [-0.3, -0.25) is 4.90 Å². The molecule has 0 bridgehead atoms. The van der Waals surface area contributed by atoms with Crippen LogP contribution in [-0.4, -0.2) is 60.1 Å². The molecule has 242 valence electrons. The van der Waals surface area contributed by atoms with Crippen molar-refractivity contribution in [3.8, 4) is 5.75 Å². The van der Waals surface area contributed by atoms with Crippen molar-refractivity contribution in [3.05, 3.63) is 76.4 Å². The molecule has 1 amide bonds. The molecule has 2 aliphatic heterocycles. The highest BCUT2D eigenvalue weighted by atomic mass is 19.4. The van der Waals surface area contributed by atoms with Gasteiger partial charge in [-0.2, -0.15) is 26.3 Å². The van der Waals surface area contributed by atoms with Crippen molar-refractivity contribution in [2.45, 2.75) is 50.1 Å². The van der Waals surface area contributed by atoms with Gasteiger partial charge in [-0.1, -0.05) is 6.92 Å². The summed E-state index contributed by atoms with van der Waals surface area (Å²) in [5.74, 6) is -0.0279. The number of ether oxygens (including phenoxy) is 1. The zero-order valence-electron chi connectivity index (χ0n) is 24.5. The lowest BCUT2D eigenvalue weighted by molar-refractivity contribution is -0.143. The predicted octanol–water partition coefficient (Wildman–Crippen LogP) is 5.61. The van der Waals surface area contributed by atoms with E-state index in [1.165, 1.54) is 13.3 Å². The second-order valence-electron chi connectivity index (χ2n) is 11.1. The number of fused-ring (bicyclic) bond motifs is 1. The van der Waals surface area contributed by atoms with Crippen LogP contribution in [0.25, 0.3) is 0 Å². The number of hydrogen-bond acceptors (Lipinski definition) is 7. The van der Waals surface area contributed by atoms with E-state index in [1.54, 1.807) is 25.1 Å². The number of aromatic nitrogens is 2. The number of hydrogen-bond donors (Lipinski definition) is 3. The number of nitrogens with two attached hydrogens (primary N) is 1. The average Bonchev–Trinajstić information content (AvgIpc) is 2.99. The number of halogens is 6. The largest absolute Gasteiger partial charge is 0.497 e. The quantitative estimate of drug-likeness (QED) is 0.299. The molecular weight excluding hydrogens is 606 g/mol. The minimum atomic E-state index is -5.00. The second-order valence-corrected chi connectivity index (χ2v) is 11.1. The first-order valence-electron chi connectivity index (χ1n) is 14.2. The van der Waals surface area contributed by atoms with Gasteiger partial charge >= 0.3 is 18.4 Å². The van der Waals surface area contributed by atoms with Gasteiger partial charge in [0, 0.05) is 38.5 Å². The van der Waals surface area contributed by atoms with Gasteiger partial charge < -0.3 is 25.8 Å². The molecule has 0 saturated carbocycles. The molecule has 9 nitrogen and oxygen atoms in total. The maximum Gasteiger partial charge on any atom is 0.416 e. The van der Waals surface area contributed by atoms with E-state index in [-0.39, 0.29) is 42.4 Å². The van der Waals surface area contributed by atoms with Crippen molar-refractivity contribution in [1.82, 2.24) is 15.3 Å². The standard InChI is InChI=1S/C30H32F6N6O3/c1-3-28(37)15-22(21-14-20(45-2)4-5-24(21)42(28)27(43)44)26-39-16-25(41-8-6-38-7-9-41)23(40-26)12-17-10-18(29(31,32)33)13-19(11-17)30(34,35)36/h4-5,10-11,13-14,16,22,38H,3,6-9,12,15,37H2,1-2H3,(H,43,44)/t22-,28+/m0/s1. The third-order valence-electron chi connectivity index (χ3n) is 8.31. The van der Waals surface area contributed by atoms with E-state index in [9.17, 15) is 36.2 Å². The molecule has 0 unspecified atom stereocenters. The van der Waals surface area contributed by atoms with Crippen LogP contribution in [0, 0.1) is 0 Å². The Kier molecular flexibility index (Phi) is 8.61. The van der Waals surface area contributed by atoms with E-state index in [0.29, 0.717) is 61.0 Å². The van der Waals surface area contributed by atoms with Crippen LogP contribution in [-0.2, 0) is 18.8 Å². The number of carbonyl (C=O) groups is 1. The molecule has 1 fully saturated rings. The topological polar surface area (TPSA) is 117 Å². The number of carboxylic acid groups (broad SMARTS) is 1. The van der Waals surface area contributed by atoms with E-state index < -0.39 is 41.2 Å². The minimum absolute atomic E-state index is 0.0597. The molecule has 0 spiro atoms. The van der Waals surface area contributed by atoms with Gasteiger partial charge in [-0.15, -0.1) is 0 Å².